The normalized spacial score (nSPS) is 25.9. The van der Waals surface area contributed by atoms with Crippen molar-refractivity contribution in [1.82, 2.24) is 4.90 Å². The standard InChI is InChI=1S/C7H14NO4P/c1-8-5-3-2-4-6(7(8)9)13(10,11)12/h6H,2-5H2,1H3,(H2,10,11,12). The zero-order valence-electron chi connectivity index (χ0n) is 7.51. The highest BCUT2D eigenvalue weighted by Gasteiger charge is 2.37. The first-order valence-electron chi connectivity index (χ1n) is 4.23. The molecule has 1 aliphatic rings. The number of rotatable bonds is 1. The summed E-state index contributed by atoms with van der Waals surface area (Å²) in [5.41, 5.74) is -1.11. The molecule has 1 saturated heterocycles. The molecule has 0 aromatic carbocycles. The van der Waals surface area contributed by atoms with Crippen LogP contribution in [0, 0.1) is 0 Å². The Labute approximate surface area is 76.9 Å². The molecule has 0 saturated carbocycles. The molecule has 0 aromatic heterocycles. The Kier molecular flexibility index (Phi) is 3.11. The largest absolute Gasteiger partial charge is 0.345 e. The Hall–Kier alpha value is -0.380. The zero-order chi connectivity index (χ0) is 10.1. The highest BCUT2D eigenvalue weighted by atomic mass is 31.2. The molecule has 1 aliphatic heterocycles. The molecular formula is C7H14NO4P. The third-order valence-corrected chi connectivity index (χ3v) is 3.58. The van der Waals surface area contributed by atoms with Crippen LogP contribution in [-0.4, -0.2) is 39.8 Å². The van der Waals surface area contributed by atoms with Gasteiger partial charge in [0.15, 0.2) is 0 Å². The fraction of sp³-hybridized carbons (Fsp3) is 0.857. The number of hydrogen-bond acceptors (Lipinski definition) is 2. The average molecular weight is 207 g/mol. The fourth-order valence-corrected chi connectivity index (χ4v) is 2.49. The van der Waals surface area contributed by atoms with Crippen LogP contribution in [0.15, 0.2) is 0 Å². The van der Waals surface area contributed by atoms with Gasteiger partial charge in [0.25, 0.3) is 0 Å². The van der Waals surface area contributed by atoms with E-state index in [0.717, 1.165) is 6.42 Å². The summed E-state index contributed by atoms with van der Waals surface area (Å²) in [4.78, 5) is 30.7. The molecule has 0 radical (unpaired) electrons. The van der Waals surface area contributed by atoms with Crippen LogP contribution in [0.1, 0.15) is 19.3 Å². The first kappa shape index (κ1) is 10.7. The van der Waals surface area contributed by atoms with E-state index in [4.69, 9.17) is 9.79 Å². The van der Waals surface area contributed by atoms with Crippen LogP contribution in [0.3, 0.4) is 0 Å². The summed E-state index contributed by atoms with van der Waals surface area (Å²) < 4.78 is 10.9. The minimum absolute atomic E-state index is 0.299. The molecule has 6 heteroatoms. The second-order valence-electron chi connectivity index (χ2n) is 3.36. The van der Waals surface area contributed by atoms with Gasteiger partial charge in [0.2, 0.25) is 5.91 Å². The van der Waals surface area contributed by atoms with Crippen LogP contribution >= 0.6 is 7.60 Å². The smallest absolute Gasteiger partial charge is 0.337 e. The molecular weight excluding hydrogens is 193 g/mol. The molecule has 0 bridgehead atoms. The first-order chi connectivity index (χ1) is 5.93. The molecule has 76 valence electrons. The number of nitrogens with zero attached hydrogens (tertiary/aromatic N) is 1. The molecule has 1 unspecified atom stereocenters. The maximum absolute atomic E-state index is 11.4. The van der Waals surface area contributed by atoms with Crippen LogP contribution in [0.25, 0.3) is 0 Å². The lowest BCUT2D eigenvalue weighted by Crippen LogP contribution is -2.34. The quantitative estimate of drug-likeness (QED) is 0.601. The Balaban J connectivity index is 2.83. The molecule has 0 aliphatic carbocycles. The fourth-order valence-electron chi connectivity index (χ4n) is 1.49. The van der Waals surface area contributed by atoms with Crippen molar-refractivity contribution >= 4 is 13.5 Å². The predicted octanol–water partition coefficient (Wildman–Crippen LogP) is 0.175. The lowest BCUT2D eigenvalue weighted by molar-refractivity contribution is -0.129. The summed E-state index contributed by atoms with van der Waals surface area (Å²) >= 11 is 0. The maximum Gasteiger partial charge on any atom is 0.337 e. The van der Waals surface area contributed by atoms with Crippen molar-refractivity contribution in [2.45, 2.75) is 24.9 Å². The summed E-state index contributed by atoms with van der Waals surface area (Å²) in [7, 11) is -2.67. The summed E-state index contributed by atoms with van der Waals surface area (Å²) in [6.07, 6.45) is 1.82. The van der Waals surface area contributed by atoms with Gasteiger partial charge in [-0.15, -0.1) is 0 Å². The Morgan fingerprint density at radius 2 is 2.08 bits per heavy atom. The summed E-state index contributed by atoms with van der Waals surface area (Å²) in [6.45, 7) is 0.593. The van der Waals surface area contributed by atoms with E-state index in [9.17, 15) is 9.36 Å². The van der Waals surface area contributed by atoms with Gasteiger partial charge >= 0.3 is 7.60 Å². The third-order valence-electron chi connectivity index (χ3n) is 2.29. The maximum atomic E-state index is 11.4. The molecule has 0 spiro atoms. The minimum Gasteiger partial charge on any atom is -0.345 e. The van der Waals surface area contributed by atoms with Crippen LogP contribution in [0.5, 0.6) is 0 Å². The second kappa shape index (κ2) is 3.78. The molecule has 13 heavy (non-hydrogen) atoms. The minimum atomic E-state index is -4.25. The van der Waals surface area contributed by atoms with Gasteiger partial charge in [-0.2, -0.15) is 0 Å². The highest BCUT2D eigenvalue weighted by molar-refractivity contribution is 7.53. The van der Waals surface area contributed by atoms with Gasteiger partial charge in [-0.25, -0.2) is 0 Å². The molecule has 1 heterocycles. The summed E-state index contributed by atoms with van der Waals surface area (Å²) in [5.74, 6) is -0.425. The van der Waals surface area contributed by atoms with Crippen molar-refractivity contribution in [2.24, 2.45) is 0 Å². The van der Waals surface area contributed by atoms with E-state index in [-0.39, 0.29) is 0 Å². The number of carbonyl (C=O) groups is 1. The summed E-state index contributed by atoms with van der Waals surface area (Å²) in [5, 5.41) is 0. The van der Waals surface area contributed by atoms with E-state index in [1.54, 1.807) is 7.05 Å². The van der Waals surface area contributed by atoms with Gasteiger partial charge in [-0.05, 0) is 12.8 Å². The van der Waals surface area contributed by atoms with E-state index in [1.807, 2.05) is 0 Å². The summed E-state index contributed by atoms with van der Waals surface area (Å²) in [6, 6.07) is 0. The van der Waals surface area contributed by atoms with Crippen LogP contribution in [0.2, 0.25) is 0 Å². The molecule has 1 amide bonds. The van der Waals surface area contributed by atoms with Crippen LogP contribution in [0.4, 0.5) is 0 Å². The lowest BCUT2D eigenvalue weighted by atomic mass is 10.2. The molecule has 2 N–H and O–H groups in total. The van der Waals surface area contributed by atoms with Crippen molar-refractivity contribution in [3.8, 4) is 0 Å². The van der Waals surface area contributed by atoms with Gasteiger partial charge in [0, 0.05) is 13.6 Å². The third kappa shape index (κ3) is 2.53. The van der Waals surface area contributed by atoms with Gasteiger partial charge in [-0.3, -0.25) is 9.36 Å². The SMILES string of the molecule is CN1CCCCC(P(=O)(O)O)C1=O. The monoisotopic (exact) mass is 207 g/mol. The molecule has 1 atom stereocenters. The van der Waals surface area contributed by atoms with E-state index in [1.165, 1.54) is 4.90 Å². The zero-order valence-corrected chi connectivity index (χ0v) is 8.41. The van der Waals surface area contributed by atoms with E-state index >= 15 is 0 Å². The van der Waals surface area contributed by atoms with Crippen molar-refractivity contribution < 1.29 is 19.1 Å². The second-order valence-corrected chi connectivity index (χ2v) is 5.16. The van der Waals surface area contributed by atoms with Gasteiger partial charge in [0.05, 0.1) is 0 Å². The Morgan fingerprint density at radius 1 is 1.46 bits per heavy atom. The van der Waals surface area contributed by atoms with E-state index < -0.39 is 19.2 Å². The number of hydrogen-bond donors (Lipinski definition) is 2. The Morgan fingerprint density at radius 3 is 2.62 bits per heavy atom. The van der Waals surface area contributed by atoms with Crippen molar-refractivity contribution in [3.05, 3.63) is 0 Å². The molecule has 1 rings (SSSR count). The van der Waals surface area contributed by atoms with Gasteiger partial charge in [0.1, 0.15) is 5.66 Å². The molecule has 1 fully saturated rings. The van der Waals surface area contributed by atoms with E-state index in [0.29, 0.717) is 19.4 Å². The van der Waals surface area contributed by atoms with Gasteiger partial charge < -0.3 is 14.7 Å². The predicted molar refractivity (Wildman–Crippen MR) is 47.3 cm³/mol. The molecule has 5 nitrogen and oxygen atoms in total. The van der Waals surface area contributed by atoms with Crippen LogP contribution < -0.4 is 0 Å². The van der Waals surface area contributed by atoms with Crippen molar-refractivity contribution in [1.29, 1.82) is 0 Å². The first-order valence-corrected chi connectivity index (χ1v) is 5.91. The van der Waals surface area contributed by atoms with Crippen molar-refractivity contribution in [2.75, 3.05) is 13.6 Å². The number of likely N-dealkylation sites (tertiary alicyclic amines) is 1. The van der Waals surface area contributed by atoms with Crippen molar-refractivity contribution in [3.63, 3.8) is 0 Å². The highest BCUT2D eigenvalue weighted by Crippen LogP contribution is 2.45. The van der Waals surface area contributed by atoms with Gasteiger partial charge in [-0.1, -0.05) is 6.42 Å². The van der Waals surface area contributed by atoms with Crippen LogP contribution in [-0.2, 0) is 9.36 Å². The number of carbonyl (C=O) groups excluding carboxylic acids is 1. The average Bonchev–Trinajstić information content (AvgIpc) is 2.14. The molecule has 0 aromatic rings. The lowest BCUT2D eigenvalue weighted by Gasteiger charge is -2.20. The number of amides is 1. The topological polar surface area (TPSA) is 77.8 Å². The Bertz CT molecular complexity index is 249. The van der Waals surface area contributed by atoms with E-state index in [2.05, 4.69) is 0 Å².